The zero-order valence-corrected chi connectivity index (χ0v) is 12.4. The number of carbonyl (C=O) groups is 1. The lowest BCUT2D eigenvalue weighted by Gasteiger charge is -2.12. The van der Waals surface area contributed by atoms with Gasteiger partial charge in [0.15, 0.2) is 0 Å². The SMILES string of the molecule is Cc1c(NCc2cc(Br)ccc2O)cccc1C(=O)O. The first-order valence-electron chi connectivity index (χ1n) is 6.03. The molecule has 3 N–H and O–H groups in total. The van der Waals surface area contributed by atoms with E-state index in [2.05, 4.69) is 21.2 Å². The molecule has 0 bridgehead atoms. The van der Waals surface area contributed by atoms with Gasteiger partial charge in [-0.25, -0.2) is 4.79 Å². The number of rotatable bonds is 4. The quantitative estimate of drug-likeness (QED) is 0.795. The molecule has 0 spiro atoms. The number of carboxylic acid groups (broad SMARTS) is 1. The summed E-state index contributed by atoms with van der Waals surface area (Å²) in [5.41, 5.74) is 2.42. The van der Waals surface area contributed by atoms with Gasteiger partial charge in [0, 0.05) is 22.3 Å². The third-order valence-corrected chi connectivity index (χ3v) is 3.57. The van der Waals surface area contributed by atoms with Crippen LogP contribution in [-0.4, -0.2) is 16.2 Å². The number of aromatic hydroxyl groups is 1. The Kier molecular flexibility index (Phi) is 4.29. The molecule has 0 amide bonds. The Bertz CT molecular complexity index is 656. The molecule has 0 saturated carbocycles. The summed E-state index contributed by atoms with van der Waals surface area (Å²) in [5.74, 6) is -0.746. The molecule has 0 aliphatic heterocycles. The van der Waals surface area contributed by atoms with Crippen LogP contribution in [0.5, 0.6) is 5.75 Å². The number of halogens is 1. The second kappa shape index (κ2) is 5.96. The molecule has 0 radical (unpaired) electrons. The Morgan fingerprint density at radius 2 is 2.05 bits per heavy atom. The van der Waals surface area contributed by atoms with Crippen molar-refractivity contribution in [2.75, 3.05) is 5.32 Å². The highest BCUT2D eigenvalue weighted by atomic mass is 79.9. The average molecular weight is 336 g/mol. The summed E-state index contributed by atoms with van der Waals surface area (Å²) >= 11 is 3.35. The highest BCUT2D eigenvalue weighted by Gasteiger charge is 2.10. The molecule has 4 nitrogen and oxygen atoms in total. The molecule has 0 fully saturated rings. The largest absolute Gasteiger partial charge is 0.508 e. The molecule has 20 heavy (non-hydrogen) atoms. The van der Waals surface area contributed by atoms with Gasteiger partial charge in [-0.2, -0.15) is 0 Å². The maximum absolute atomic E-state index is 11.1. The Morgan fingerprint density at radius 3 is 2.75 bits per heavy atom. The number of aromatic carboxylic acids is 1. The van der Waals surface area contributed by atoms with Gasteiger partial charge in [0.1, 0.15) is 5.75 Å². The molecule has 0 heterocycles. The van der Waals surface area contributed by atoms with Crippen LogP contribution in [-0.2, 0) is 6.54 Å². The minimum absolute atomic E-state index is 0.202. The van der Waals surface area contributed by atoms with Crippen molar-refractivity contribution in [2.45, 2.75) is 13.5 Å². The van der Waals surface area contributed by atoms with Crippen molar-refractivity contribution < 1.29 is 15.0 Å². The second-order valence-electron chi connectivity index (χ2n) is 4.41. The monoisotopic (exact) mass is 335 g/mol. The van der Waals surface area contributed by atoms with Gasteiger partial charge in [-0.05, 0) is 42.8 Å². The lowest BCUT2D eigenvalue weighted by atomic mass is 10.1. The molecular weight excluding hydrogens is 322 g/mol. The van der Waals surface area contributed by atoms with E-state index in [0.717, 1.165) is 15.7 Å². The molecule has 0 atom stereocenters. The van der Waals surface area contributed by atoms with E-state index in [4.69, 9.17) is 5.11 Å². The highest BCUT2D eigenvalue weighted by Crippen LogP contribution is 2.24. The minimum Gasteiger partial charge on any atom is -0.508 e. The van der Waals surface area contributed by atoms with Crippen molar-refractivity contribution in [3.05, 3.63) is 57.6 Å². The smallest absolute Gasteiger partial charge is 0.336 e. The number of phenolic OH excluding ortho intramolecular Hbond substituents is 1. The Balaban J connectivity index is 2.21. The molecule has 2 aromatic carbocycles. The lowest BCUT2D eigenvalue weighted by Crippen LogP contribution is -2.05. The maximum Gasteiger partial charge on any atom is 0.336 e. The zero-order chi connectivity index (χ0) is 14.7. The molecule has 104 valence electrons. The maximum atomic E-state index is 11.1. The minimum atomic E-state index is -0.948. The zero-order valence-electron chi connectivity index (χ0n) is 10.9. The normalized spacial score (nSPS) is 10.3. The summed E-state index contributed by atoms with van der Waals surface area (Å²) in [5, 5.41) is 22.0. The number of phenols is 1. The Morgan fingerprint density at radius 1 is 1.30 bits per heavy atom. The van der Waals surface area contributed by atoms with Gasteiger partial charge in [-0.1, -0.05) is 22.0 Å². The van der Waals surface area contributed by atoms with Crippen molar-refractivity contribution in [3.8, 4) is 5.75 Å². The van der Waals surface area contributed by atoms with Crippen LogP contribution in [0.4, 0.5) is 5.69 Å². The summed E-state index contributed by atoms with van der Waals surface area (Å²) in [4.78, 5) is 11.1. The van der Waals surface area contributed by atoms with Crippen LogP contribution < -0.4 is 5.32 Å². The fraction of sp³-hybridized carbons (Fsp3) is 0.133. The van der Waals surface area contributed by atoms with Gasteiger partial charge in [0.2, 0.25) is 0 Å². The first kappa shape index (κ1) is 14.4. The van der Waals surface area contributed by atoms with Crippen LogP contribution in [0.25, 0.3) is 0 Å². The third kappa shape index (κ3) is 3.11. The summed E-state index contributed by atoms with van der Waals surface area (Å²) in [6.07, 6.45) is 0. The van der Waals surface area contributed by atoms with Crippen LogP contribution in [0, 0.1) is 6.92 Å². The molecule has 0 aromatic heterocycles. The number of hydrogen-bond donors (Lipinski definition) is 3. The van der Waals surface area contributed by atoms with E-state index < -0.39 is 5.97 Å². The molecule has 0 aliphatic rings. The fourth-order valence-corrected chi connectivity index (χ4v) is 2.35. The summed E-state index contributed by atoms with van der Waals surface area (Å²) < 4.78 is 0.878. The van der Waals surface area contributed by atoms with Crippen LogP contribution in [0.1, 0.15) is 21.5 Å². The Labute approximate surface area is 125 Å². The summed E-state index contributed by atoms with van der Waals surface area (Å²) in [7, 11) is 0. The van der Waals surface area contributed by atoms with E-state index in [0.29, 0.717) is 12.1 Å². The Hall–Kier alpha value is -2.01. The number of anilines is 1. The van der Waals surface area contributed by atoms with E-state index in [-0.39, 0.29) is 11.3 Å². The van der Waals surface area contributed by atoms with Crippen LogP contribution >= 0.6 is 15.9 Å². The standard InChI is InChI=1S/C15H14BrNO3/c1-9-12(15(19)20)3-2-4-13(9)17-8-10-7-11(16)5-6-14(10)18/h2-7,17-18H,8H2,1H3,(H,19,20). The molecule has 0 aliphatic carbocycles. The van der Waals surface area contributed by atoms with E-state index in [1.54, 1.807) is 31.2 Å². The van der Waals surface area contributed by atoms with Crippen molar-refractivity contribution >= 4 is 27.6 Å². The van der Waals surface area contributed by atoms with Gasteiger partial charge in [0.25, 0.3) is 0 Å². The number of carboxylic acids is 1. The van der Waals surface area contributed by atoms with Crippen molar-refractivity contribution in [1.82, 2.24) is 0 Å². The first-order chi connectivity index (χ1) is 9.49. The van der Waals surface area contributed by atoms with Gasteiger partial charge < -0.3 is 15.5 Å². The van der Waals surface area contributed by atoms with E-state index >= 15 is 0 Å². The van der Waals surface area contributed by atoms with Gasteiger partial charge in [-0.3, -0.25) is 0 Å². The van der Waals surface area contributed by atoms with Crippen molar-refractivity contribution in [2.24, 2.45) is 0 Å². The number of nitrogens with one attached hydrogen (secondary N) is 1. The van der Waals surface area contributed by atoms with Crippen LogP contribution in [0.15, 0.2) is 40.9 Å². The summed E-state index contributed by atoms with van der Waals surface area (Å²) in [6, 6.07) is 10.3. The van der Waals surface area contributed by atoms with E-state index in [1.807, 2.05) is 12.1 Å². The second-order valence-corrected chi connectivity index (χ2v) is 5.33. The first-order valence-corrected chi connectivity index (χ1v) is 6.82. The topological polar surface area (TPSA) is 69.6 Å². The van der Waals surface area contributed by atoms with E-state index in [1.165, 1.54) is 0 Å². The van der Waals surface area contributed by atoms with Crippen LogP contribution in [0.3, 0.4) is 0 Å². The lowest BCUT2D eigenvalue weighted by molar-refractivity contribution is 0.0696. The van der Waals surface area contributed by atoms with Crippen molar-refractivity contribution in [3.63, 3.8) is 0 Å². The molecule has 2 rings (SSSR count). The molecule has 5 heteroatoms. The molecule has 2 aromatic rings. The van der Waals surface area contributed by atoms with Crippen molar-refractivity contribution in [1.29, 1.82) is 0 Å². The van der Waals surface area contributed by atoms with E-state index in [9.17, 15) is 9.90 Å². The predicted molar refractivity (Wildman–Crippen MR) is 81.3 cm³/mol. The fourth-order valence-electron chi connectivity index (χ4n) is 1.94. The number of benzene rings is 2. The third-order valence-electron chi connectivity index (χ3n) is 3.08. The average Bonchev–Trinajstić information content (AvgIpc) is 2.41. The number of hydrogen-bond acceptors (Lipinski definition) is 3. The van der Waals surface area contributed by atoms with Crippen LogP contribution in [0.2, 0.25) is 0 Å². The molecule has 0 unspecified atom stereocenters. The van der Waals surface area contributed by atoms with Gasteiger partial charge >= 0.3 is 5.97 Å². The van der Waals surface area contributed by atoms with Gasteiger partial charge in [-0.15, -0.1) is 0 Å². The summed E-state index contributed by atoms with van der Waals surface area (Å²) in [6.45, 7) is 2.17. The molecular formula is C15H14BrNO3. The predicted octanol–water partition coefficient (Wildman–Crippen LogP) is 3.77. The molecule has 0 saturated heterocycles. The van der Waals surface area contributed by atoms with Gasteiger partial charge in [0.05, 0.1) is 5.56 Å². The highest BCUT2D eigenvalue weighted by molar-refractivity contribution is 9.10.